The lowest BCUT2D eigenvalue weighted by atomic mass is 10.1. The second-order valence-electron chi connectivity index (χ2n) is 5.02. The van der Waals surface area contributed by atoms with Gasteiger partial charge in [-0.15, -0.1) is 0 Å². The largest absolute Gasteiger partial charge is 0.492 e. The Bertz CT molecular complexity index is 767. The molecule has 0 amide bonds. The number of ether oxygens (including phenoxy) is 2. The molecule has 1 aliphatic heterocycles. The number of anilines is 1. The number of hydrogen-bond donors (Lipinski definition) is 1. The Morgan fingerprint density at radius 1 is 1.52 bits per heavy atom. The normalized spacial score (nSPS) is 12.5. The van der Waals surface area contributed by atoms with Gasteiger partial charge in [0.1, 0.15) is 17.4 Å². The topological polar surface area (TPSA) is 60.5 Å². The van der Waals surface area contributed by atoms with E-state index >= 15 is 0 Å². The summed E-state index contributed by atoms with van der Waals surface area (Å²) in [5, 5.41) is 3.21. The molecule has 0 spiro atoms. The molecule has 0 radical (unpaired) electrons. The Hall–Kier alpha value is -2.15. The second kappa shape index (κ2) is 6.54. The highest BCUT2D eigenvalue weighted by molar-refractivity contribution is 9.10. The van der Waals surface area contributed by atoms with E-state index in [2.05, 4.69) is 31.0 Å². The van der Waals surface area contributed by atoms with Crippen molar-refractivity contribution >= 4 is 27.7 Å². The zero-order chi connectivity index (χ0) is 16.4. The smallest absolute Gasteiger partial charge is 0.340 e. The second-order valence-corrected chi connectivity index (χ2v) is 5.87. The lowest BCUT2D eigenvalue weighted by molar-refractivity contribution is 0.0595. The van der Waals surface area contributed by atoms with E-state index in [-0.39, 0.29) is 5.56 Å². The number of fused-ring (bicyclic) bond motifs is 1. The lowest BCUT2D eigenvalue weighted by Crippen LogP contribution is -2.08. The minimum atomic E-state index is -0.694. The number of hydrogen-bond acceptors (Lipinski definition) is 5. The van der Waals surface area contributed by atoms with Crippen molar-refractivity contribution in [2.24, 2.45) is 0 Å². The van der Waals surface area contributed by atoms with E-state index < -0.39 is 11.8 Å². The molecule has 0 saturated carbocycles. The molecular formula is C16H14BrFN2O3. The molecule has 0 fully saturated rings. The molecule has 1 aromatic heterocycles. The van der Waals surface area contributed by atoms with E-state index in [1.54, 1.807) is 12.3 Å². The van der Waals surface area contributed by atoms with Crippen molar-refractivity contribution in [3.63, 3.8) is 0 Å². The third kappa shape index (κ3) is 3.14. The Kier molecular flexibility index (Phi) is 4.47. The van der Waals surface area contributed by atoms with Gasteiger partial charge in [-0.1, -0.05) is 6.07 Å². The summed E-state index contributed by atoms with van der Waals surface area (Å²) in [6.45, 7) is 1.03. The number of nitrogens with zero attached hydrogens (tertiary/aromatic N) is 1. The molecule has 3 rings (SSSR count). The molecule has 2 aromatic rings. The van der Waals surface area contributed by atoms with Gasteiger partial charge in [-0.05, 0) is 33.6 Å². The first-order valence-corrected chi connectivity index (χ1v) is 7.80. The van der Waals surface area contributed by atoms with Crippen LogP contribution in [0.4, 0.5) is 10.2 Å². The molecule has 0 bridgehead atoms. The van der Waals surface area contributed by atoms with Gasteiger partial charge in [0.15, 0.2) is 0 Å². The van der Waals surface area contributed by atoms with Crippen LogP contribution in [0.25, 0.3) is 0 Å². The highest BCUT2D eigenvalue weighted by Gasteiger charge is 2.20. The standard InChI is InChI=1S/C16H14BrFN2O3/c1-22-16(21)11-6-9(2-3-13(11)18)7-19-15-10-4-5-23-14(10)12(17)8-20-15/h2-3,6,8H,4-5,7H2,1H3,(H,19,20). The van der Waals surface area contributed by atoms with Crippen LogP contribution in [-0.2, 0) is 17.7 Å². The first-order valence-electron chi connectivity index (χ1n) is 7.01. The number of methoxy groups -OCH3 is 1. The highest BCUT2D eigenvalue weighted by atomic mass is 79.9. The molecule has 7 heteroatoms. The quantitative estimate of drug-likeness (QED) is 0.824. The fraction of sp³-hybridized carbons (Fsp3) is 0.250. The van der Waals surface area contributed by atoms with Crippen LogP contribution >= 0.6 is 15.9 Å². The van der Waals surface area contributed by atoms with E-state index in [0.29, 0.717) is 13.2 Å². The highest BCUT2D eigenvalue weighted by Crippen LogP contribution is 2.36. The zero-order valence-corrected chi connectivity index (χ0v) is 13.9. The van der Waals surface area contributed by atoms with Crippen LogP contribution in [0.3, 0.4) is 0 Å². The fourth-order valence-electron chi connectivity index (χ4n) is 2.44. The summed E-state index contributed by atoms with van der Waals surface area (Å²) in [6.07, 6.45) is 2.46. The van der Waals surface area contributed by atoms with E-state index in [0.717, 1.165) is 33.6 Å². The van der Waals surface area contributed by atoms with Gasteiger partial charge in [0, 0.05) is 24.7 Å². The number of esters is 1. The fourth-order valence-corrected chi connectivity index (χ4v) is 2.90. The Morgan fingerprint density at radius 3 is 3.13 bits per heavy atom. The summed E-state index contributed by atoms with van der Waals surface area (Å²) in [5.74, 6) is 0.235. The number of benzene rings is 1. The number of aromatic nitrogens is 1. The number of nitrogens with one attached hydrogen (secondary N) is 1. The maximum atomic E-state index is 13.6. The van der Waals surface area contributed by atoms with E-state index in [9.17, 15) is 9.18 Å². The summed E-state index contributed by atoms with van der Waals surface area (Å²) in [7, 11) is 1.22. The third-order valence-corrected chi connectivity index (χ3v) is 4.14. The molecule has 5 nitrogen and oxygen atoms in total. The van der Waals surface area contributed by atoms with Gasteiger partial charge in [0.2, 0.25) is 0 Å². The van der Waals surface area contributed by atoms with Crippen molar-refractivity contribution in [1.82, 2.24) is 4.98 Å². The van der Waals surface area contributed by atoms with Crippen LogP contribution in [0, 0.1) is 5.82 Å². The van der Waals surface area contributed by atoms with Crippen molar-refractivity contribution in [2.45, 2.75) is 13.0 Å². The molecule has 2 heterocycles. The van der Waals surface area contributed by atoms with E-state index in [1.165, 1.54) is 19.2 Å². The number of carbonyl (C=O) groups excluding carboxylic acids is 1. The van der Waals surface area contributed by atoms with Gasteiger partial charge in [-0.2, -0.15) is 0 Å². The van der Waals surface area contributed by atoms with Crippen LogP contribution in [0.2, 0.25) is 0 Å². The summed E-state index contributed by atoms with van der Waals surface area (Å²) >= 11 is 3.41. The number of pyridine rings is 1. The predicted octanol–water partition coefficient (Wildman–Crippen LogP) is 3.32. The third-order valence-electron chi connectivity index (χ3n) is 3.58. The van der Waals surface area contributed by atoms with Crippen LogP contribution in [0.5, 0.6) is 5.75 Å². The van der Waals surface area contributed by atoms with Crippen LogP contribution < -0.4 is 10.1 Å². The van der Waals surface area contributed by atoms with Gasteiger partial charge in [0.05, 0.1) is 23.8 Å². The van der Waals surface area contributed by atoms with Gasteiger partial charge in [-0.25, -0.2) is 14.2 Å². The van der Waals surface area contributed by atoms with Gasteiger partial charge in [0.25, 0.3) is 0 Å². The van der Waals surface area contributed by atoms with Crippen LogP contribution in [0.1, 0.15) is 21.5 Å². The molecule has 0 atom stereocenters. The molecule has 0 saturated heterocycles. The van der Waals surface area contributed by atoms with Crippen molar-refractivity contribution in [3.05, 3.63) is 51.4 Å². The first-order chi connectivity index (χ1) is 11.1. The average Bonchev–Trinajstić information content (AvgIpc) is 3.05. The molecule has 1 aliphatic rings. The summed E-state index contributed by atoms with van der Waals surface area (Å²) < 4.78 is 24.6. The molecule has 120 valence electrons. The maximum Gasteiger partial charge on any atom is 0.340 e. The summed E-state index contributed by atoms with van der Waals surface area (Å²) in [4.78, 5) is 15.9. The van der Waals surface area contributed by atoms with E-state index in [1.807, 2.05) is 0 Å². The predicted molar refractivity (Wildman–Crippen MR) is 86.2 cm³/mol. The van der Waals surface area contributed by atoms with Gasteiger partial charge in [-0.3, -0.25) is 0 Å². The van der Waals surface area contributed by atoms with Gasteiger partial charge < -0.3 is 14.8 Å². The molecule has 0 unspecified atom stereocenters. The molecule has 23 heavy (non-hydrogen) atoms. The maximum absolute atomic E-state index is 13.6. The van der Waals surface area contributed by atoms with Crippen molar-refractivity contribution in [2.75, 3.05) is 19.0 Å². The Labute approximate surface area is 140 Å². The summed E-state index contributed by atoms with van der Waals surface area (Å²) in [5.41, 5.74) is 1.68. The average molecular weight is 381 g/mol. The Morgan fingerprint density at radius 2 is 2.35 bits per heavy atom. The number of halogens is 2. The molecule has 1 aromatic carbocycles. The lowest BCUT2D eigenvalue weighted by Gasteiger charge is -2.11. The monoisotopic (exact) mass is 380 g/mol. The number of carbonyl (C=O) groups is 1. The number of rotatable bonds is 4. The Balaban J connectivity index is 1.80. The van der Waals surface area contributed by atoms with Crippen molar-refractivity contribution in [3.8, 4) is 5.75 Å². The zero-order valence-electron chi connectivity index (χ0n) is 12.4. The minimum absolute atomic E-state index is 0.0795. The molecule has 0 aliphatic carbocycles. The molecular weight excluding hydrogens is 367 g/mol. The first kappa shape index (κ1) is 15.7. The SMILES string of the molecule is COC(=O)c1cc(CNc2ncc(Br)c3c2CCO3)ccc1F. The minimum Gasteiger partial charge on any atom is -0.492 e. The van der Waals surface area contributed by atoms with Crippen LogP contribution in [-0.4, -0.2) is 24.7 Å². The van der Waals surface area contributed by atoms with Crippen molar-refractivity contribution in [1.29, 1.82) is 0 Å². The van der Waals surface area contributed by atoms with Gasteiger partial charge >= 0.3 is 5.97 Å². The summed E-state index contributed by atoms with van der Waals surface area (Å²) in [6, 6.07) is 4.35. The van der Waals surface area contributed by atoms with E-state index in [4.69, 9.17) is 4.74 Å². The molecule has 1 N–H and O–H groups in total. The van der Waals surface area contributed by atoms with Crippen molar-refractivity contribution < 1.29 is 18.7 Å². The van der Waals surface area contributed by atoms with Crippen LogP contribution in [0.15, 0.2) is 28.9 Å².